The molecule has 0 aromatic rings. The Balaban J connectivity index is 2.37. The molecule has 3 N–H and O–H groups in total. The molecule has 0 radical (unpaired) electrons. The average Bonchev–Trinajstić information content (AvgIpc) is 2.23. The third kappa shape index (κ3) is 4.59. The fourth-order valence-corrected chi connectivity index (χ4v) is 1.69. The predicted molar refractivity (Wildman–Crippen MR) is 58.4 cm³/mol. The molecule has 1 heterocycles. The Morgan fingerprint density at radius 2 is 2.12 bits per heavy atom. The molecular weight excluding hydrogens is 228 g/mol. The van der Waals surface area contributed by atoms with Gasteiger partial charge < -0.3 is 24.8 Å². The topological polar surface area (TPSA) is 96.2 Å². The van der Waals surface area contributed by atoms with E-state index in [2.05, 4.69) is 0 Å². The Morgan fingerprint density at radius 1 is 1.47 bits per heavy atom. The quantitative estimate of drug-likeness (QED) is 0.639. The summed E-state index contributed by atoms with van der Waals surface area (Å²) in [5, 5.41) is 27.6. The van der Waals surface area contributed by atoms with Gasteiger partial charge in [0.1, 0.15) is 6.10 Å². The number of hydrogen-bond acceptors (Lipinski definition) is 5. The zero-order valence-corrected chi connectivity index (χ0v) is 10.1. The minimum Gasteiger partial charge on any atom is -0.481 e. The zero-order valence-electron chi connectivity index (χ0n) is 10.1. The van der Waals surface area contributed by atoms with Gasteiger partial charge in [0.15, 0.2) is 6.29 Å². The van der Waals surface area contributed by atoms with Gasteiger partial charge in [0.05, 0.1) is 18.3 Å². The van der Waals surface area contributed by atoms with Gasteiger partial charge in [-0.3, -0.25) is 4.79 Å². The van der Waals surface area contributed by atoms with Crippen LogP contribution in [0, 0.1) is 0 Å². The van der Waals surface area contributed by atoms with Crippen LogP contribution in [0.25, 0.3) is 0 Å². The molecular formula is C11H20O6. The van der Waals surface area contributed by atoms with Gasteiger partial charge in [-0.2, -0.15) is 0 Å². The Bertz CT molecular complexity index is 256. The summed E-state index contributed by atoms with van der Waals surface area (Å²) in [7, 11) is 0. The van der Waals surface area contributed by atoms with E-state index in [1.165, 1.54) is 0 Å². The fraction of sp³-hybridized carbons (Fsp3) is 0.909. The van der Waals surface area contributed by atoms with Crippen molar-refractivity contribution in [1.82, 2.24) is 0 Å². The summed E-state index contributed by atoms with van der Waals surface area (Å²) in [4.78, 5) is 10.4. The van der Waals surface area contributed by atoms with Crippen molar-refractivity contribution >= 4 is 5.97 Å². The van der Waals surface area contributed by atoms with Crippen LogP contribution in [0.2, 0.25) is 0 Å². The molecule has 0 aliphatic carbocycles. The van der Waals surface area contributed by atoms with Crippen LogP contribution in [0.1, 0.15) is 33.1 Å². The molecule has 2 unspecified atom stereocenters. The van der Waals surface area contributed by atoms with Gasteiger partial charge in [-0.15, -0.1) is 0 Å². The van der Waals surface area contributed by atoms with E-state index >= 15 is 0 Å². The molecule has 1 aliphatic rings. The van der Waals surface area contributed by atoms with Crippen molar-refractivity contribution < 1.29 is 29.6 Å². The first-order chi connectivity index (χ1) is 7.90. The predicted octanol–water partition coefficient (Wildman–Crippen LogP) is 0.113. The Labute approximate surface area is 100 Å². The third-order valence-corrected chi connectivity index (χ3v) is 2.82. The van der Waals surface area contributed by atoms with Gasteiger partial charge in [0.2, 0.25) is 0 Å². The SMILES string of the molecule is CC1O[C@@H](O[C@H](C)CCC(=O)O)[C@@H](O)CC1O. The van der Waals surface area contributed by atoms with Crippen LogP contribution >= 0.6 is 0 Å². The van der Waals surface area contributed by atoms with E-state index in [-0.39, 0.29) is 18.9 Å². The smallest absolute Gasteiger partial charge is 0.303 e. The normalized spacial score (nSPS) is 35.5. The second kappa shape index (κ2) is 6.30. The molecule has 0 aromatic carbocycles. The van der Waals surface area contributed by atoms with Crippen LogP contribution in [0.4, 0.5) is 0 Å². The maximum Gasteiger partial charge on any atom is 0.303 e. The number of carbonyl (C=O) groups is 1. The van der Waals surface area contributed by atoms with Gasteiger partial charge in [-0.25, -0.2) is 0 Å². The zero-order chi connectivity index (χ0) is 13.0. The number of carboxylic acids is 1. The van der Waals surface area contributed by atoms with Crippen LogP contribution in [-0.2, 0) is 14.3 Å². The van der Waals surface area contributed by atoms with E-state index in [1.54, 1.807) is 13.8 Å². The first-order valence-corrected chi connectivity index (χ1v) is 5.79. The number of aliphatic hydroxyl groups is 2. The molecule has 1 saturated heterocycles. The highest BCUT2D eigenvalue weighted by Crippen LogP contribution is 2.22. The number of ether oxygens (including phenoxy) is 2. The summed E-state index contributed by atoms with van der Waals surface area (Å²) in [5.41, 5.74) is 0. The lowest BCUT2D eigenvalue weighted by Crippen LogP contribution is -2.48. The third-order valence-electron chi connectivity index (χ3n) is 2.82. The average molecular weight is 248 g/mol. The second-order valence-electron chi connectivity index (χ2n) is 4.46. The molecule has 6 nitrogen and oxygen atoms in total. The molecule has 1 fully saturated rings. The number of aliphatic hydroxyl groups excluding tert-OH is 2. The highest BCUT2D eigenvalue weighted by molar-refractivity contribution is 5.66. The van der Waals surface area contributed by atoms with Crippen molar-refractivity contribution in [1.29, 1.82) is 0 Å². The second-order valence-corrected chi connectivity index (χ2v) is 4.46. The molecule has 0 aromatic heterocycles. The monoisotopic (exact) mass is 248 g/mol. The summed E-state index contributed by atoms with van der Waals surface area (Å²) in [6, 6.07) is 0. The molecule has 0 amide bonds. The summed E-state index contributed by atoms with van der Waals surface area (Å²) in [6.45, 7) is 3.43. The lowest BCUT2D eigenvalue weighted by atomic mass is 10.0. The van der Waals surface area contributed by atoms with E-state index in [0.717, 1.165) is 0 Å². The van der Waals surface area contributed by atoms with Crippen molar-refractivity contribution in [3.05, 3.63) is 0 Å². The highest BCUT2D eigenvalue weighted by Gasteiger charge is 2.35. The van der Waals surface area contributed by atoms with Crippen molar-refractivity contribution in [2.75, 3.05) is 0 Å². The van der Waals surface area contributed by atoms with Crippen molar-refractivity contribution in [2.45, 2.75) is 63.8 Å². The van der Waals surface area contributed by atoms with E-state index < -0.39 is 30.6 Å². The van der Waals surface area contributed by atoms with Crippen molar-refractivity contribution in [3.63, 3.8) is 0 Å². The van der Waals surface area contributed by atoms with Gasteiger partial charge >= 0.3 is 5.97 Å². The number of aliphatic carboxylic acids is 1. The summed E-state index contributed by atoms with van der Waals surface area (Å²) < 4.78 is 10.7. The molecule has 17 heavy (non-hydrogen) atoms. The number of hydrogen-bond donors (Lipinski definition) is 3. The first kappa shape index (κ1) is 14.4. The minimum absolute atomic E-state index is 0.0160. The molecule has 5 atom stereocenters. The standard InChI is InChI=1S/C11H20O6/c1-6(3-4-10(14)15)16-11-9(13)5-8(12)7(2)17-11/h6-9,11-13H,3-5H2,1-2H3,(H,14,15)/t6-,7?,8?,9+,11-/m1/s1. The first-order valence-electron chi connectivity index (χ1n) is 5.79. The van der Waals surface area contributed by atoms with Crippen LogP contribution < -0.4 is 0 Å². The molecule has 1 rings (SSSR count). The van der Waals surface area contributed by atoms with E-state index in [1.807, 2.05) is 0 Å². The summed E-state index contributed by atoms with van der Waals surface area (Å²) >= 11 is 0. The molecule has 0 saturated carbocycles. The Hall–Kier alpha value is -0.690. The molecule has 1 aliphatic heterocycles. The molecule has 6 heteroatoms. The lowest BCUT2D eigenvalue weighted by molar-refractivity contribution is -0.273. The van der Waals surface area contributed by atoms with Gasteiger partial charge in [-0.1, -0.05) is 0 Å². The lowest BCUT2D eigenvalue weighted by Gasteiger charge is -2.36. The largest absolute Gasteiger partial charge is 0.481 e. The van der Waals surface area contributed by atoms with Crippen molar-refractivity contribution in [3.8, 4) is 0 Å². The highest BCUT2D eigenvalue weighted by atomic mass is 16.7. The van der Waals surface area contributed by atoms with Gasteiger partial charge in [0, 0.05) is 12.8 Å². The molecule has 0 spiro atoms. The van der Waals surface area contributed by atoms with Crippen LogP contribution in [0.15, 0.2) is 0 Å². The van der Waals surface area contributed by atoms with Crippen LogP contribution in [0.3, 0.4) is 0 Å². The maximum absolute atomic E-state index is 10.4. The van der Waals surface area contributed by atoms with Gasteiger partial charge in [-0.05, 0) is 20.3 Å². The summed E-state index contributed by atoms with van der Waals surface area (Å²) in [5.74, 6) is -0.880. The van der Waals surface area contributed by atoms with Gasteiger partial charge in [0.25, 0.3) is 0 Å². The fourth-order valence-electron chi connectivity index (χ4n) is 1.69. The maximum atomic E-state index is 10.4. The molecule has 100 valence electrons. The van der Waals surface area contributed by atoms with E-state index in [0.29, 0.717) is 6.42 Å². The Morgan fingerprint density at radius 3 is 2.71 bits per heavy atom. The van der Waals surface area contributed by atoms with Crippen molar-refractivity contribution in [2.24, 2.45) is 0 Å². The minimum atomic E-state index is -0.881. The van der Waals surface area contributed by atoms with Crippen LogP contribution in [-0.4, -0.2) is 52.0 Å². The van der Waals surface area contributed by atoms with E-state index in [9.17, 15) is 15.0 Å². The van der Waals surface area contributed by atoms with Crippen LogP contribution in [0.5, 0.6) is 0 Å². The molecule has 0 bridgehead atoms. The number of rotatable bonds is 5. The summed E-state index contributed by atoms with van der Waals surface area (Å²) in [6.07, 6.45) is -2.49. The number of carboxylic acid groups (broad SMARTS) is 1. The van der Waals surface area contributed by atoms with E-state index in [4.69, 9.17) is 14.6 Å². The Kier molecular flexibility index (Phi) is 5.32.